The van der Waals surface area contributed by atoms with Crippen LogP contribution in [0.5, 0.6) is 0 Å². The summed E-state index contributed by atoms with van der Waals surface area (Å²) in [4.78, 5) is 68.1. The van der Waals surface area contributed by atoms with E-state index in [2.05, 4.69) is 0 Å². The number of anilines is 1. The molecule has 13 nitrogen and oxygen atoms in total. The molecule has 4 N–H and O–H groups in total. The highest BCUT2D eigenvalue weighted by Crippen LogP contribution is 2.46. The number of aromatic nitrogens is 2. The van der Waals surface area contributed by atoms with Gasteiger partial charge in [0.2, 0.25) is 0 Å². The van der Waals surface area contributed by atoms with Crippen LogP contribution in [0.25, 0.3) is 10.5 Å². The summed E-state index contributed by atoms with van der Waals surface area (Å²) in [7, 11) is 1.46. The monoisotopic (exact) mass is 722 g/mol. The predicted octanol–water partition coefficient (Wildman–Crippen LogP) is 0.686. The molecule has 46 heavy (non-hydrogen) atoms. The van der Waals surface area contributed by atoms with Crippen molar-refractivity contribution in [2.24, 2.45) is 0 Å². The quantitative estimate of drug-likeness (QED) is 0.227. The first kappa shape index (κ1) is 33.8. The minimum atomic E-state index is -1.34. The van der Waals surface area contributed by atoms with E-state index in [9.17, 15) is 44.4 Å². The molecule has 0 radical (unpaired) electrons. The van der Waals surface area contributed by atoms with Gasteiger partial charge in [0.1, 0.15) is 36.2 Å². The smallest absolute Gasteiger partial charge is 0.323 e. The lowest BCUT2D eigenvalue weighted by atomic mass is 10.2. The molecule has 3 aromatic rings. The average Bonchev–Trinajstić information content (AvgIpc) is 3.70. The summed E-state index contributed by atoms with van der Waals surface area (Å²) in [6.07, 6.45) is 2.13. The molecular formula is C28H26N4O9S5. The van der Waals surface area contributed by atoms with Gasteiger partial charge in [0.05, 0.1) is 28.5 Å². The third kappa shape index (κ3) is 6.25. The van der Waals surface area contributed by atoms with Crippen LogP contribution < -0.4 is 25.2 Å². The minimum Gasteiger partial charge on any atom is -0.480 e. The molecule has 2 aliphatic heterocycles. The number of carboxylic acid groups (broad SMARTS) is 2. The number of rotatable bonds is 9. The van der Waals surface area contributed by atoms with E-state index in [0.717, 1.165) is 54.2 Å². The first-order valence-electron chi connectivity index (χ1n) is 13.6. The van der Waals surface area contributed by atoms with Crippen LogP contribution in [0.2, 0.25) is 0 Å². The molecule has 0 unspecified atom stereocenters. The van der Waals surface area contributed by atoms with Crippen LogP contribution in [-0.4, -0.2) is 76.8 Å². The Morgan fingerprint density at radius 3 is 2.20 bits per heavy atom. The molecule has 0 aliphatic carbocycles. The Morgan fingerprint density at radius 2 is 1.63 bits per heavy atom. The van der Waals surface area contributed by atoms with Crippen molar-refractivity contribution in [3.63, 3.8) is 0 Å². The van der Waals surface area contributed by atoms with E-state index in [-0.39, 0.29) is 47.4 Å². The number of carbonyl (C=O) groups excluding carboxylic acids is 1. The largest absolute Gasteiger partial charge is 0.480 e. The molecule has 0 bridgehead atoms. The Kier molecular flexibility index (Phi) is 10.1. The van der Waals surface area contributed by atoms with Gasteiger partial charge in [-0.1, -0.05) is 48.7 Å². The highest BCUT2D eigenvalue weighted by molar-refractivity contribution is 8.30. The highest BCUT2D eigenvalue weighted by Gasteiger charge is 2.32. The summed E-state index contributed by atoms with van der Waals surface area (Å²) in [5.41, 5.74) is 0.589. The van der Waals surface area contributed by atoms with Gasteiger partial charge in [0.15, 0.2) is 0 Å². The topological polar surface area (TPSA) is 183 Å². The first-order chi connectivity index (χ1) is 21.9. The van der Waals surface area contributed by atoms with Crippen LogP contribution in [0.15, 0.2) is 43.8 Å². The van der Waals surface area contributed by atoms with E-state index < -0.39 is 42.1 Å². The first-order valence-corrected chi connectivity index (χ1v) is 17.2. The maximum Gasteiger partial charge on any atom is 0.323 e. The molecule has 4 heterocycles. The second kappa shape index (κ2) is 13.7. The van der Waals surface area contributed by atoms with Gasteiger partial charge in [0, 0.05) is 18.5 Å². The molecular weight excluding hydrogens is 697 g/mol. The molecule has 2 aliphatic rings. The van der Waals surface area contributed by atoms with E-state index in [4.69, 9.17) is 12.2 Å². The van der Waals surface area contributed by atoms with Crippen molar-refractivity contribution in [1.82, 2.24) is 14.0 Å². The molecule has 0 atom stereocenters. The number of thioether (sulfide) groups is 2. The van der Waals surface area contributed by atoms with Gasteiger partial charge in [-0.05, 0) is 35.8 Å². The normalized spacial score (nSPS) is 18.1. The molecule has 0 saturated carbocycles. The zero-order valence-electron chi connectivity index (χ0n) is 24.2. The van der Waals surface area contributed by atoms with Crippen molar-refractivity contribution in [2.75, 3.05) is 25.1 Å². The van der Waals surface area contributed by atoms with Crippen molar-refractivity contribution in [1.29, 1.82) is 0 Å². The lowest BCUT2D eigenvalue weighted by Gasteiger charge is -2.20. The highest BCUT2D eigenvalue weighted by atomic mass is 32.2. The molecule has 1 amide bonds. The predicted molar refractivity (Wildman–Crippen MR) is 180 cm³/mol. The van der Waals surface area contributed by atoms with Crippen LogP contribution in [0.1, 0.15) is 18.9 Å². The number of benzene rings is 1. The van der Waals surface area contributed by atoms with Crippen molar-refractivity contribution in [2.45, 2.75) is 37.9 Å². The zero-order chi connectivity index (χ0) is 33.4. The number of thiazole rings is 2. The van der Waals surface area contributed by atoms with Crippen LogP contribution in [0.3, 0.4) is 0 Å². The number of allylic oxidation sites excluding steroid dienone is 1. The number of aliphatic hydroxyl groups is 2. The Hall–Kier alpha value is -3.52. The standard InChI is InChI=1S/C28H26N4O9S5/c1-3-14(9-17-30(6-7-33)15-8-13(12-34)4-5-16(15)43-17)20-24(40)31(10-18(35)36)27(44-20)22-25(41)32(11-19(37)38)26(45-22)21-23(39)29(2)28(42)46-21/h4-5,8-9,33-34H,3,6-7,10-12H2,1-2H3,(H,35,36)(H,37,38)/b17-9?,20-14+,26-21+,27-22+. The SMILES string of the molecule is CC/C(C=C1Sc2ccc(CO)cc2N1CCO)=c1\s/c(=c2/s/c(=C3/SC(=S)N(C)C3=O)n(CC(=O)O)c2=O)n(CC(=O)O)c1=O. The number of amides is 1. The van der Waals surface area contributed by atoms with Crippen LogP contribution in [-0.2, 0) is 34.1 Å². The second-order valence-electron chi connectivity index (χ2n) is 9.90. The van der Waals surface area contributed by atoms with Gasteiger partial charge in [-0.3, -0.25) is 38.0 Å². The maximum absolute atomic E-state index is 13.8. The van der Waals surface area contributed by atoms with E-state index in [0.29, 0.717) is 22.6 Å². The zero-order valence-corrected chi connectivity index (χ0v) is 28.3. The van der Waals surface area contributed by atoms with Gasteiger partial charge in [-0.2, -0.15) is 0 Å². The number of nitrogens with zero attached hydrogens (tertiary/aromatic N) is 4. The lowest BCUT2D eigenvalue weighted by Crippen LogP contribution is -2.32. The second-order valence-corrected chi connectivity index (χ2v) is 14.6. The minimum absolute atomic E-state index is 0.0151. The van der Waals surface area contributed by atoms with Gasteiger partial charge in [-0.15, -0.1) is 22.7 Å². The number of thiocarbonyl (C=S) groups is 1. The fourth-order valence-corrected chi connectivity index (χ4v) is 9.76. The molecule has 1 aromatic carbocycles. The number of fused-ring (bicyclic) bond motifs is 1. The molecule has 5 rings (SSSR count). The maximum atomic E-state index is 13.8. The Labute approximate surface area is 281 Å². The van der Waals surface area contributed by atoms with E-state index in [1.54, 1.807) is 12.1 Å². The molecule has 0 spiro atoms. The lowest BCUT2D eigenvalue weighted by molar-refractivity contribution is -0.138. The summed E-state index contributed by atoms with van der Waals surface area (Å²) in [6, 6.07) is 5.47. The van der Waals surface area contributed by atoms with Crippen LogP contribution in [0, 0.1) is 9.20 Å². The van der Waals surface area contributed by atoms with E-state index >= 15 is 0 Å². The molecule has 18 heteroatoms. The molecule has 1 saturated heterocycles. The van der Waals surface area contributed by atoms with Crippen molar-refractivity contribution in [3.05, 3.63) is 74.0 Å². The van der Waals surface area contributed by atoms with Gasteiger partial charge in [-0.25, -0.2) is 0 Å². The number of aliphatic hydroxyl groups excluding tert-OH is 2. The number of β-amino-alcohol motifs (C(OH)–C–C–N with tert-alkyl or cyclic N) is 1. The van der Waals surface area contributed by atoms with Crippen molar-refractivity contribution >= 4 is 96.7 Å². The van der Waals surface area contributed by atoms with E-state index in [1.165, 1.54) is 23.7 Å². The average molecular weight is 723 g/mol. The van der Waals surface area contributed by atoms with E-state index in [1.807, 2.05) is 24.0 Å². The summed E-state index contributed by atoms with van der Waals surface area (Å²) < 4.78 is 2.26. The number of hydrogen-bond acceptors (Lipinski definition) is 13. The van der Waals surface area contributed by atoms with Gasteiger partial charge in [0.25, 0.3) is 17.0 Å². The number of aliphatic carboxylic acids is 2. The third-order valence-corrected chi connectivity index (χ3v) is 12.3. The fraction of sp³-hybridized carbons (Fsp3) is 0.286. The summed E-state index contributed by atoms with van der Waals surface area (Å²) in [5, 5.41) is 39.4. The van der Waals surface area contributed by atoms with Gasteiger partial charge < -0.3 is 25.3 Å². The van der Waals surface area contributed by atoms with Gasteiger partial charge >= 0.3 is 11.9 Å². The Bertz CT molecular complexity index is 2180. The summed E-state index contributed by atoms with van der Waals surface area (Å²) in [5.74, 6) is -3.18. The van der Waals surface area contributed by atoms with Crippen LogP contribution in [0.4, 0.5) is 5.69 Å². The molecule has 2 aromatic heterocycles. The van der Waals surface area contributed by atoms with Crippen molar-refractivity contribution in [3.8, 4) is 0 Å². The number of carboxylic acids is 2. The summed E-state index contributed by atoms with van der Waals surface area (Å²) in [6.45, 7) is 0.204. The third-order valence-electron chi connectivity index (χ3n) is 6.98. The fourth-order valence-electron chi connectivity index (χ4n) is 4.78. The summed E-state index contributed by atoms with van der Waals surface area (Å²) >= 11 is 9.25. The molecule has 242 valence electrons. The molecule has 1 fully saturated rings. The number of carbonyl (C=O) groups is 3. The van der Waals surface area contributed by atoms with Crippen LogP contribution >= 0.6 is 58.4 Å². The Morgan fingerprint density at radius 1 is 0.957 bits per heavy atom. The van der Waals surface area contributed by atoms with Crippen molar-refractivity contribution < 1.29 is 34.8 Å². The Balaban J connectivity index is 1.84. The number of hydrogen-bond donors (Lipinski definition) is 4.